The lowest BCUT2D eigenvalue weighted by Gasteiger charge is -2.36. The van der Waals surface area contributed by atoms with Crippen molar-refractivity contribution in [3.05, 3.63) is 12.3 Å². The monoisotopic (exact) mass is 260 g/mol. The molecular weight excluding hydrogens is 232 g/mol. The van der Waals surface area contributed by atoms with E-state index in [0.29, 0.717) is 6.61 Å². The van der Waals surface area contributed by atoms with Crippen LogP contribution in [0.4, 0.5) is 0 Å². The van der Waals surface area contributed by atoms with Gasteiger partial charge < -0.3 is 8.85 Å². The molecule has 0 aromatic rings. The Kier molecular flexibility index (Phi) is 5.04. The highest BCUT2D eigenvalue weighted by atomic mass is 28.4. The van der Waals surface area contributed by atoms with Gasteiger partial charge in [0.15, 0.2) is 8.32 Å². The summed E-state index contributed by atoms with van der Waals surface area (Å²) in [6, 6.07) is 0. The van der Waals surface area contributed by atoms with E-state index in [1.165, 1.54) is 0 Å². The molecule has 0 atom stereocenters. The smallest absolute Gasteiger partial charge is 0.241 e. The molecule has 4 heteroatoms. The van der Waals surface area contributed by atoms with Gasteiger partial charge in [0.25, 0.3) is 0 Å². The normalized spacial score (nSPS) is 13.8. The van der Waals surface area contributed by atoms with Crippen LogP contribution >= 0.6 is 0 Å². The summed E-state index contributed by atoms with van der Waals surface area (Å²) in [6.07, 6.45) is 0. The van der Waals surface area contributed by atoms with Crippen LogP contribution in [0.1, 0.15) is 20.8 Å². The van der Waals surface area contributed by atoms with Crippen LogP contribution in [-0.4, -0.2) is 23.2 Å². The van der Waals surface area contributed by atoms with Gasteiger partial charge in [-0.05, 0) is 37.8 Å². The van der Waals surface area contributed by atoms with Crippen molar-refractivity contribution in [2.45, 2.75) is 58.5 Å². The first-order valence-corrected chi connectivity index (χ1v) is 12.2. The summed E-state index contributed by atoms with van der Waals surface area (Å²) in [4.78, 5) is 0. The Morgan fingerprint density at radius 3 is 1.81 bits per heavy atom. The highest BCUT2D eigenvalue weighted by Gasteiger charge is 2.37. The molecule has 0 N–H and O–H groups in total. The van der Waals surface area contributed by atoms with Crippen molar-refractivity contribution >= 4 is 16.6 Å². The Balaban J connectivity index is 4.22. The second kappa shape index (κ2) is 5.06. The van der Waals surface area contributed by atoms with E-state index in [1.54, 1.807) is 0 Å². The van der Waals surface area contributed by atoms with E-state index in [2.05, 4.69) is 60.1 Å². The van der Waals surface area contributed by atoms with Gasteiger partial charge in [0.05, 0.1) is 12.4 Å². The van der Waals surface area contributed by atoms with Crippen LogP contribution in [-0.2, 0) is 8.85 Å². The van der Waals surface area contributed by atoms with Crippen molar-refractivity contribution in [1.82, 2.24) is 0 Å². The van der Waals surface area contributed by atoms with Crippen molar-refractivity contribution in [3.63, 3.8) is 0 Å². The molecule has 0 rings (SSSR count). The van der Waals surface area contributed by atoms with Crippen molar-refractivity contribution in [1.29, 1.82) is 0 Å². The summed E-state index contributed by atoms with van der Waals surface area (Å²) >= 11 is 0. The van der Waals surface area contributed by atoms with Gasteiger partial charge in [-0.15, -0.1) is 0 Å². The van der Waals surface area contributed by atoms with Crippen molar-refractivity contribution < 1.29 is 8.85 Å². The first-order chi connectivity index (χ1) is 6.85. The molecule has 0 aliphatic rings. The van der Waals surface area contributed by atoms with Gasteiger partial charge in [0, 0.05) is 0 Å². The zero-order chi connectivity index (χ0) is 13.2. The molecule has 0 aliphatic heterocycles. The Hall–Kier alpha value is -0.0662. The highest BCUT2D eigenvalue weighted by molar-refractivity contribution is 6.74. The lowest BCUT2D eigenvalue weighted by molar-refractivity contribution is 0.259. The Morgan fingerprint density at radius 1 is 1.06 bits per heavy atom. The Labute approximate surface area is 103 Å². The molecule has 0 fully saturated rings. The second-order valence-corrected chi connectivity index (χ2v) is 16.0. The molecule has 0 saturated carbocycles. The third-order valence-electron chi connectivity index (χ3n) is 2.85. The summed E-state index contributed by atoms with van der Waals surface area (Å²) < 4.78 is 11.8. The van der Waals surface area contributed by atoms with E-state index in [-0.39, 0.29) is 5.04 Å². The average Bonchev–Trinajstić information content (AvgIpc) is 1.95. The summed E-state index contributed by atoms with van der Waals surface area (Å²) in [6.45, 7) is 22.2. The lowest BCUT2D eigenvalue weighted by Crippen LogP contribution is -2.41. The van der Waals surface area contributed by atoms with E-state index in [0.717, 1.165) is 5.76 Å². The maximum atomic E-state index is 6.04. The molecular formula is C12H28O2Si2. The largest absolute Gasteiger partial charge is 0.546 e. The van der Waals surface area contributed by atoms with Gasteiger partial charge in [-0.2, -0.15) is 0 Å². The first kappa shape index (κ1) is 15.9. The summed E-state index contributed by atoms with van der Waals surface area (Å²) in [5, 5.41) is 0.243. The summed E-state index contributed by atoms with van der Waals surface area (Å²) in [5.41, 5.74) is 0. The van der Waals surface area contributed by atoms with E-state index >= 15 is 0 Å². The van der Waals surface area contributed by atoms with Gasteiger partial charge in [-0.3, -0.25) is 0 Å². The molecule has 0 aliphatic carbocycles. The predicted octanol–water partition coefficient (Wildman–Crippen LogP) is 4.37. The summed E-state index contributed by atoms with van der Waals surface area (Å²) in [5.74, 6) is 0.781. The molecule has 0 aromatic carbocycles. The van der Waals surface area contributed by atoms with Crippen LogP contribution in [0.2, 0.25) is 37.8 Å². The van der Waals surface area contributed by atoms with E-state index in [1.807, 2.05) is 0 Å². The summed E-state index contributed by atoms with van der Waals surface area (Å²) in [7, 11) is -3.20. The van der Waals surface area contributed by atoms with Crippen molar-refractivity contribution in [3.8, 4) is 0 Å². The molecule has 96 valence electrons. The van der Waals surface area contributed by atoms with Crippen LogP contribution in [0.15, 0.2) is 12.3 Å². The Morgan fingerprint density at radius 2 is 1.50 bits per heavy atom. The zero-order valence-electron chi connectivity index (χ0n) is 12.2. The molecule has 2 nitrogen and oxygen atoms in total. The maximum Gasteiger partial charge on any atom is 0.241 e. The molecule has 0 aromatic heterocycles. The number of hydrogen-bond donors (Lipinski definition) is 0. The molecule has 16 heavy (non-hydrogen) atoms. The minimum Gasteiger partial charge on any atom is -0.546 e. The third-order valence-corrected chi connectivity index (χ3v) is 8.23. The molecule has 0 amide bonds. The van der Waals surface area contributed by atoms with Gasteiger partial charge in [-0.25, -0.2) is 0 Å². The standard InChI is InChI=1S/C12H28O2Si2/c1-11(14-15(5,6)7)10-13-16(8,9)12(2,3)4/h1,10H2,2-9H3. The molecule has 0 unspecified atom stereocenters. The average molecular weight is 261 g/mol. The van der Waals surface area contributed by atoms with Crippen LogP contribution in [0, 0.1) is 0 Å². The van der Waals surface area contributed by atoms with E-state index < -0.39 is 16.6 Å². The fourth-order valence-corrected chi connectivity index (χ4v) is 2.82. The van der Waals surface area contributed by atoms with Gasteiger partial charge >= 0.3 is 0 Å². The fraction of sp³-hybridized carbons (Fsp3) is 0.833. The van der Waals surface area contributed by atoms with Crippen LogP contribution in [0.3, 0.4) is 0 Å². The minimum atomic E-state index is -1.67. The van der Waals surface area contributed by atoms with Crippen molar-refractivity contribution in [2.75, 3.05) is 6.61 Å². The lowest BCUT2D eigenvalue weighted by atomic mass is 10.2. The predicted molar refractivity (Wildman–Crippen MR) is 76.7 cm³/mol. The van der Waals surface area contributed by atoms with Crippen LogP contribution in [0.5, 0.6) is 0 Å². The van der Waals surface area contributed by atoms with Gasteiger partial charge in [0.1, 0.15) is 0 Å². The van der Waals surface area contributed by atoms with E-state index in [9.17, 15) is 0 Å². The molecule has 0 bridgehead atoms. The topological polar surface area (TPSA) is 18.5 Å². The molecule has 0 saturated heterocycles. The highest BCUT2D eigenvalue weighted by Crippen LogP contribution is 2.36. The maximum absolute atomic E-state index is 6.04. The molecule has 0 spiro atoms. The van der Waals surface area contributed by atoms with Gasteiger partial charge in [-0.1, -0.05) is 27.4 Å². The van der Waals surface area contributed by atoms with Crippen LogP contribution < -0.4 is 0 Å². The molecule has 0 heterocycles. The first-order valence-electron chi connectivity index (χ1n) is 5.86. The second-order valence-electron chi connectivity index (χ2n) is 6.80. The van der Waals surface area contributed by atoms with Crippen LogP contribution in [0.25, 0.3) is 0 Å². The van der Waals surface area contributed by atoms with Crippen molar-refractivity contribution in [2.24, 2.45) is 0 Å². The van der Waals surface area contributed by atoms with Gasteiger partial charge in [0.2, 0.25) is 8.32 Å². The number of rotatable bonds is 5. The fourth-order valence-electron chi connectivity index (χ4n) is 0.940. The third kappa shape index (κ3) is 5.87. The minimum absolute atomic E-state index is 0.243. The Bertz CT molecular complexity index is 247. The number of hydrogen-bond acceptors (Lipinski definition) is 2. The quantitative estimate of drug-likeness (QED) is 0.540. The SMILES string of the molecule is C=C(CO[Si](C)(C)C(C)(C)C)O[Si](C)(C)C. The molecule has 0 radical (unpaired) electrons. The van der Waals surface area contributed by atoms with E-state index in [4.69, 9.17) is 8.85 Å². The zero-order valence-corrected chi connectivity index (χ0v) is 14.2.